The van der Waals surface area contributed by atoms with E-state index in [0.29, 0.717) is 6.61 Å². The number of hydrogen-bond acceptors (Lipinski definition) is 3. The standard InChI is InChI=1S/C17H22N4OS/c1-3-20-10-6-8-14(20)16-15(13-7-4-5-9-18-13)19-17(23)21(16)11-12-22-2/h4-10,15-16H,3,11-12H2,1-2H3,(H,19,23)/t15-,16+/m0/s1. The lowest BCUT2D eigenvalue weighted by atomic mass is 10.0. The van der Waals surface area contributed by atoms with E-state index in [4.69, 9.17) is 17.0 Å². The van der Waals surface area contributed by atoms with Crippen molar-refractivity contribution in [1.29, 1.82) is 0 Å². The molecule has 0 aromatic carbocycles. The van der Waals surface area contributed by atoms with E-state index in [1.54, 1.807) is 7.11 Å². The molecule has 6 heteroatoms. The maximum Gasteiger partial charge on any atom is 0.170 e. The maximum absolute atomic E-state index is 5.58. The van der Waals surface area contributed by atoms with Crippen LogP contribution in [-0.2, 0) is 11.3 Å². The van der Waals surface area contributed by atoms with Gasteiger partial charge in [0.15, 0.2) is 5.11 Å². The predicted molar refractivity (Wildman–Crippen MR) is 94.1 cm³/mol. The molecule has 0 aliphatic carbocycles. The zero-order valence-corrected chi connectivity index (χ0v) is 14.3. The molecule has 0 amide bonds. The Balaban J connectivity index is 2.00. The molecule has 2 aromatic rings. The van der Waals surface area contributed by atoms with Crippen molar-refractivity contribution in [2.75, 3.05) is 20.3 Å². The molecule has 1 saturated heterocycles. The van der Waals surface area contributed by atoms with Crippen LogP contribution < -0.4 is 5.32 Å². The lowest BCUT2D eigenvalue weighted by molar-refractivity contribution is 0.162. The third-order valence-corrected chi connectivity index (χ3v) is 4.59. The Bertz CT molecular complexity index is 658. The second kappa shape index (κ2) is 7.10. The Hall–Kier alpha value is -1.92. The number of aromatic nitrogens is 2. The Morgan fingerprint density at radius 3 is 2.87 bits per heavy atom. The van der Waals surface area contributed by atoms with Crippen molar-refractivity contribution >= 4 is 17.3 Å². The van der Waals surface area contributed by atoms with Gasteiger partial charge >= 0.3 is 0 Å². The summed E-state index contributed by atoms with van der Waals surface area (Å²) >= 11 is 5.58. The molecular weight excluding hydrogens is 308 g/mol. The molecule has 3 heterocycles. The van der Waals surface area contributed by atoms with Crippen molar-refractivity contribution in [2.24, 2.45) is 0 Å². The van der Waals surface area contributed by atoms with Crippen LogP contribution in [0.4, 0.5) is 0 Å². The number of aryl methyl sites for hydroxylation is 1. The van der Waals surface area contributed by atoms with Gasteiger partial charge in [0.1, 0.15) is 0 Å². The molecule has 0 bridgehead atoms. The van der Waals surface area contributed by atoms with Crippen molar-refractivity contribution in [2.45, 2.75) is 25.6 Å². The first-order chi connectivity index (χ1) is 11.3. The van der Waals surface area contributed by atoms with Crippen molar-refractivity contribution in [3.05, 3.63) is 54.1 Å². The van der Waals surface area contributed by atoms with Crippen LogP contribution in [0.2, 0.25) is 0 Å². The summed E-state index contributed by atoms with van der Waals surface area (Å²) in [6.45, 7) is 4.48. The quantitative estimate of drug-likeness (QED) is 0.825. The highest BCUT2D eigenvalue weighted by Gasteiger charge is 2.40. The van der Waals surface area contributed by atoms with Crippen LogP contribution in [-0.4, -0.2) is 39.8 Å². The van der Waals surface area contributed by atoms with E-state index in [1.165, 1.54) is 5.69 Å². The van der Waals surface area contributed by atoms with E-state index in [9.17, 15) is 0 Å². The van der Waals surface area contributed by atoms with Crippen LogP contribution in [0.3, 0.4) is 0 Å². The van der Waals surface area contributed by atoms with Crippen LogP contribution in [0.15, 0.2) is 42.7 Å². The Kier molecular flexibility index (Phi) is 4.93. The monoisotopic (exact) mass is 330 g/mol. The lowest BCUT2D eigenvalue weighted by Crippen LogP contribution is -2.33. The normalized spacial score (nSPS) is 20.8. The van der Waals surface area contributed by atoms with E-state index >= 15 is 0 Å². The number of nitrogens with one attached hydrogen (secondary N) is 1. The van der Waals surface area contributed by atoms with Crippen LogP contribution in [0.1, 0.15) is 30.4 Å². The third kappa shape index (κ3) is 3.09. The van der Waals surface area contributed by atoms with Gasteiger partial charge in [-0.25, -0.2) is 0 Å². The molecule has 5 nitrogen and oxygen atoms in total. The summed E-state index contributed by atoms with van der Waals surface area (Å²) in [7, 11) is 1.71. The fraction of sp³-hybridized carbons (Fsp3) is 0.412. The summed E-state index contributed by atoms with van der Waals surface area (Å²) in [5.41, 5.74) is 2.25. The molecule has 0 unspecified atom stereocenters. The number of nitrogens with zero attached hydrogens (tertiary/aromatic N) is 3. The minimum Gasteiger partial charge on any atom is -0.383 e. The average Bonchev–Trinajstić information content (AvgIpc) is 3.17. The molecule has 122 valence electrons. The fourth-order valence-electron chi connectivity index (χ4n) is 3.14. The van der Waals surface area contributed by atoms with Crippen LogP contribution in [0.25, 0.3) is 0 Å². The van der Waals surface area contributed by atoms with Gasteiger partial charge in [0.05, 0.1) is 24.4 Å². The Morgan fingerprint density at radius 2 is 2.17 bits per heavy atom. The predicted octanol–water partition coefficient (Wildman–Crippen LogP) is 2.52. The molecule has 0 spiro atoms. The first kappa shape index (κ1) is 16.0. The molecule has 2 aromatic heterocycles. The Labute approximate surface area is 142 Å². The van der Waals surface area contributed by atoms with Crippen molar-refractivity contribution in [1.82, 2.24) is 19.8 Å². The molecule has 1 fully saturated rings. The Morgan fingerprint density at radius 1 is 1.30 bits per heavy atom. The van der Waals surface area contributed by atoms with E-state index in [1.807, 2.05) is 24.4 Å². The zero-order valence-electron chi connectivity index (χ0n) is 13.5. The second-order valence-corrected chi connectivity index (χ2v) is 5.92. The highest BCUT2D eigenvalue weighted by molar-refractivity contribution is 7.80. The topological polar surface area (TPSA) is 42.3 Å². The summed E-state index contributed by atoms with van der Waals surface area (Å²) in [5.74, 6) is 0. The average molecular weight is 330 g/mol. The van der Waals surface area contributed by atoms with Crippen molar-refractivity contribution in [3.63, 3.8) is 0 Å². The van der Waals surface area contributed by atoms with Crippen molar-refractivity contribution in [3.8, 4) is 0 Å². The van der Waals surface area contributed by atoms with E-state index in [2.05, 4.69) is 45.0 Å². The molecule has 3 rings (SSSR count). The van der Waals surface area contributed by atoms with Crippen LogP contribution in [0.5, 0.6) is 0 Å². The molecule has 0 saturated carbocycles. The van der Waals surface area contributed by atoms with Gasteiger partial charge in [0.2, 0.25) is 0 Å². The molecule has 1 aliphatic heterocycles. The van der Waals surface area contributed by atoms with Crippen LogP contribution in [0, 0.1) is 0 Å². The summed E-state index contributed by atoms with van der Waals surface area (Å²) in [6, 6.07) is 10.4. The SMILES string of the molecule is CCn1cccc1[C@@H]1[C@H](c2ccccn2)NC(=S)N1CCOC. The summed E-state index contributed by atoms with van der Waals surface area (Å²) in [4.78, 5) is 6.74. The van der Waals surface area contributed by atoms with Gasteiger partial charge in [-0.05, 0) is 43.4 Å². The van der Waals surface area contributed by atoms with Gasteiger partial charge in [-0.3, -0.25) is 4.98 Å². The van der Waals surface area contributed by atoms with Crippen molar-refractivity contribution < 1.29 is 4.74 Å². The number of hydrogen-bond donors (Lipinski definition) is 1. The molecule has 2 atom stereocenters. The summed E-state index contributed by atoms with van der Waals surface area (Å²) in [5, 5.41) is 4.20. The van der Waals surface area contributed by atoms with E-state index < -0.39 is 0 Å². The zero-order chi connectivity index (χ0) is 16.2. The smallest absolute Gasteiger partial charge is 0.170 e. The largest absolute Gasteiger partial charge is 0.383 e. The minimum absolute atomic E-state index is 0.0424. The van der Waals surface area contributed by atoms with Gasteiger partial charge in [-0.15, -0.1) is 0 Å². The highest BCUT2D eigenvalue weighted by atomic mass is 32.1. The molecular formula is C17H22N4OS. The number of pyridine rings is 1. The van der Waals surface area contributed by atoms with Gasteiger partial charge in [-0.2, -0.15) is 0 Å². The molecule has 1 N–H and O–H groups in total. The second-order valence-electron chi connectivity index (χ2n) is 5.53. The summed E-state index contributed by atoms with van der Waals surface area (Å²) in [6.07, 6.45) is 3.94. The van der Waals surface area contributed by atoms with Gasteiger partial charge in [0.25, 0.3) is 0 Å². The molecule has 1 aliphatic rings. The third-order valence-electron chi connectivity index (χ3n) is 4.24. The number of methoxy groups -OCH3 is 1. The first-order valence-corrected chi connectivity index (χ1v) is 8.29. The van der Waals surface area contributed by atoms with Gasteiger partial charge < -0.3 is 19.5 Å². The number of thiocarbonyl (C=S) groups is 1. The lowest BCUT2D eigenvalue weighted by Gasteiger charge is -2.28. The highest BCUT2D eigenvalue weighted by Crippen LogP contribution is 2.38. The van der Waals surface area contributed by atoms with Gasteiger partial charge in [-0.1, -0.05) is 6.07 Å². The van der Waals surface area contributed by atoms with E-state index in [-0.39, 0.29) is 12.1 Å². The van der Waals surface area contributed by atoms with E-state index in [0.717, 1.165) is 23.9 Å². The maximum atomic E-state index is 5.58. The number of ether oxygens (including phenoxy) is 1. The first-order valence-electron chi connectivity index (χ1n) is 7.88. The fourth-order valence-corrected chi connectivity index (χ4v) is 3.47. The number of rotatable bonds is 6. The minimum atomic E-state index is 0.0424. The van der Waals surface area contributed by atoms with Crippen LogP contribution >= 0.6 is 12.2 Å². The van der Waals surface area contributed by atoms with Gasteiger partial charge in [0, 0.05) is 38.3 Å². The summed E-state index contributed by atoms with van der Waals surface area (Å²) < 4.78 is 7.52. The molecule has 0 radical (unpaired) electrons. The molecule has 23 heavy (non-hydrogen) atoms.